The van der Waals surface area contributed by atoms with E-state index in [1.165, 1.54) is 0 Å². The molecule has 0 unspecified atom stereocenters. The van der Waals surface area contributed by atoms with E-state index in [1.807, 2.05) is 30.3 Å². The van der Waals surface area contributed by atoms with Crippen LogP contribution in [-0.2, 0) is 4.74 Å². The Kier molecular flexibility index (Phi) is 3.93. The summed E-state index contributed by atoms with van der Waals surface area (Å²) in [7, 11) is 1.75. The molecule has 3 nitrogen and oxygen atoms in total. The van der Waals surface area contributed by atoms with Crippen LogP contribution in [0.3, 0.4) is 0 Å². The van der Waals surface area contributed by atoms with Gasteiger partial charge < -0.3 is 15.2 Å². The molecule has 1 atom stereocenters. The molecule has 3 heteroatoms. The second-order valence-electron chi connectivity index (χ2n) is 4.34. The summed E-state index contributed by atoms with van der Waals surface area (Å²) >= 11 is 0. The van der Waals surface area contributed by atoms with Crippen LogP contribution in [0.15, 0.2) is 30.3 Å². The maximum Gasteiger partial charge on any atom is 0.0626 e. The van der Waals surface area contributed by atoms with Crippen molar-refractivity contribution in [2.75, 3.05) is 13.7 Å². The molecule has 1 aromatic rings. The lowest BCUT2D eigenvalue weighted by Gasteiger charge is -2.37. The molecule has 1 fully saturated rings. The van der Waals surface area contributed by atoms with Crippen molar-refractivity contribution < 1.29 is 9.84 Å². The lowest BCUT2D eigenvalue weighted by Crippen LogP contribution is -2.47. The number of benzene rings is 1. The van der Waals surface area contributed by atoms with Crippen LogP contribution >= 0.6 is 0 Å². The minimum atomic E-state index is 0.0454. The van der Waals surface area contributed by atoms with E-state index in [4.69, 9.17) is 4.74 Å². The van der Waals surface area contributed by atoms with E-state index in [9.17, 15) is 5.11 Å². The molecule has 1 aliphatic carbocycles. The van der Waals surface area contributed by atoms with Gasteiger partial charge in [-0.2, -0.15) is 0 Å². The number of ether oxygens (including phenoxy) is 1. The largest absolute Gasteiger partial charge is 0.394 e. The van der Waals surface area contributed by atoms with Crippen molar-refractivity contribution in [2.45, 2.75) is 31.0 Å². The van der Waals surface area contributed by atoms with Gasteiger partial charge in [0.25, 0.3) is 0 Å². The van der Waals surface area contributed by atoms with Crippen molar-refractivity contribution in [3.05, 3.63) is 35.9 Å². The number of aliphatic hydroxyl groups is 1. The summed E-state index contributed by atoms with van der Waals surface area (Å²) in [6, 6.07) is 10.6. The third-order valence-electron chi connectivity index (χ3n) is 3.25. The van der Waals surface area contributed by atoms with Crippen LogP contribution < -0.4 is 5.32 Å². The fraction of sp³-hybridized carbons (Fsp3) is 0.538. The van der Waals surface area contributed by atoms with Crippen LogP contribution in [-0.4, -0.2) is 31.0 Å². The Morgan fingerprint density at radius 3 is 2.62 bits per heavy atom. The van der Waals surface area contributed by atoms with E-state index in [1.54, 1.807) is 7.11 Å². The van der Waals surface area contributed by atoms with Crippen molar-refractivity contribution >= 4 is 0 Å². The SMILES string of the molecule is COC1CC(N[C@@H](CO)c2ccccc2)C1. The zero-order valence-corrected chi connectivity index (χ0v) is 9.60. The van der Waals surface area contributed by atoms with E-state index in [0.717, 1.165) is 18.4 Å². The average molecular weight is 221 g/mol. The molecule has 0 spiro atoms. The van der Waals surface area contributed by atoms with E-state index < -0.39 is 0 Å². The molecule has 88 valence electrons. The molecule has 0 radical (unpaired) electrons. The first-order valence-electron chi connectivity index (χ1n) is 5.78. The number of methoxy groups -OCH3 is 1. The topological polar surface area (TPSA) is 41.5 Å². The summed E-state index contributed by atoms with van der Waals surface area (Å²) in [6.45, 7) is 0.137. The Morgan fingerprint density at radius 1 is 1.38 bits per heavy atom. The van der Waals surface area contributed by atoms with Gasteiger partial charge in [-0.25, -0.2) is 0 Å². The minimum absolute atomic E-state index is 0.0454. The van der Waals surface area contributed by atoms with Crippen molar-refractivity contribution in [1.29, 1.82) is 0 Å². The molecular formula is C13H19NO2. The molecule has 2 N–H and O–H groups in total. The number of hydrogen-bond acceptors (Lipinski definition) is 3. The molecule has 1 saturated carbocycles. The van der Waals surface area contributed by atoms with Crippen molar-refractivity contribution in [3.8, 4) is 0 Å². The van der Waals surface area contributed by atoms with E-state index >= 15 is 0 Å². The predicted octanol–water partition coefficient (Wildman–Crippen LogP) is 1.49. The number of rotatable bonds is 5. The van der Waals surface area contributed by atoms with Gasteiger partial charge in [0.15, 0.2) is 0 Å². The molecule has 16 heavy (non-hydrogen) atoms. The molecule has 1 aliphatic rings. The molecule has 0 saturated heterocycles. The monoisotopic (exact) mass is 221 g/mol. The number of hydrogen-bond donors (Lipinski definition) is 2. The number of aliphatic hydroxyl groups excluding tert-OH is 1. The molecule has 0 heterocycles. The fourth-order valence-corrected chi connectivity index (χ4v) is 2.12. The fourth-order valence-electron chi connectivity index (χ4n) is 2.12. The first kappa shape index (κ1) is 11.6. The Morgan fingerprint density at radius 2 is 2.06 bits per heavy atom. The quantitative estimate of drug-likeness (QED) is 0.791. The Labute approximate surface area is 96.4 Å². The van der Waals surface area contributed by atoms with Crippen LogP contribution in [0.2, 0.25) is 0 Å². The Balaban J connectivity index is 1.87. The van der Waals surface area contributed by atoms with Crippen LogP contribution in [0, 0.1) is 0 Å². The van der Waals surface area contributed by atoms with Gasteiger partial charge in [-0.15, -0.1) is 0 Å². The third-order valence-corrected chi connectivity index (χ3v) is 3.25. The second kappa shape index (κ2) is 5.43. The van der Waals surface area contributed by atoms with E-state index in [-0.39, 0.29) is 12.6 Å². The Hall–Kier alpha value is -0.900. The normalized spacial score (nSPS) is 26.1. The molecule has 0 aromatic heterocycles. The molecule has 0 aliphatic heterocycles. The zero-order chi connectivity index (χ0) is 11.4. The smallest absolute Gasteiger partial charge is 0.0626 e. The van der Waals surface area contributed by atoms with Gasteiger partial charge in [0.1, 0.15) is 0 Å². The lowest BCUT2D eigenvalue weighted by molar-refractivity contribution is 0.0117. The van der Waals surface area contributed by atoms with Gasteiger partial charge in [0.05, 0.1) is 18.8 Å². The summed E-state index contributed by atoms with van der Waals surface area (Å²) in [5.74, 6) is 0. The maximum atomic E-state index is 9.38. The van der Waals surface area contributed by atoms with Crippen molar-refractivity contribution in [3.63, 3.8) is 0 Å². The Bertz CT molecular complexity index is 309. The molecule has 0 amide bonds. The highest BCUT2D eigenvalue weighted by Crippen LogP contribution is 2.25. The second-order valence-corrected chi connectivity index (χ2v) is 4.34. The van der Waals surface area contributed by atoms with Crippen LogP contribution in [0.1, 0.15) is 24.4 Å². The predicted molar refractivity (Wildman–Crippen MR) is 63.2 cm³/mol. The van der Waals surface area contributed by atoms with E-state index in [2.05, 4.69) is 5.32 Å². The average Bonchev–Trinajstić information content (AvgIpc) is 2.29. The highest BCUT2D eigenvalue weighted by atomic mass is 16.5. The van der Waals surface area contributed by atoms with E-state index in [0.29, 0.717) is 12.1 Å². The standard InChI is InChI=1S/C13H19NO2/c1-16-12-7-11(8-12)14-13(9-15)10-5-3-2-4-6-10/h2-6,11-15H,7-9H2,1H3/t11?,12?,13-/m0/s1. The highest BCUT2D eigenvalue weighted by Gasteiger charge is 2.30. The lowest BCUT2D eigenvalue weighted by atomic mass is 9.88. The molecule has 1 aromatic carbocycles. The first-order valence-corrected chi connectivity index (χ1v) is 5.78. The highest BCUT2D eigenvalue weighted by molar-refractivity contribution is 5.19. The van der Waals surface area contributed by atoms with Crippen molar-refractivity contribution in [2.24, 2.45) is 0 Å². The van der Waals surface area contributed by atoms with Gasteiger partial charge in [-0.1, -0.05) is 30.3 Å². The van der Waals surface area contributed by atoms with Crippen LogP contribution in [0.4, 0.5) is 0 Å². The van der Waals surface area contributed by atoms with Gasteiger partial charge in [-0.05, 0) is 18.4 Å². The van der Waals surface area contributed by atoms with Gasteiger partial charge >= 0.3 is 0 Å². The molecule has 2 rings (SSSR count). The van der Waals surface area contributed by atoms with Gasteiger partial charge in [0, 0.05) is 13.2 Å². The summed E-state index contributed by atoms with van der Waals surface area (Å²) in [5.41, 5.74) is 1.14. The zero-order valence-electron chi connectivity index (χ0n) is 9.60. The number of nitrogens with one attached hydrogen (secondary N) is 1. The van der Waals surface area contributed by atoms with Crippen molar-refractivity contribution in [1.82, 2.24) is 5.32 Å². The van der Waals surface area contributed by atoms with Crippen LogP contribution in [0.5, 0.6) is 0 Å². The molecular weight excluding hydrogens is 202 g/mol. The molecule has 0 bridgehead atoms. The maximum absolute atomic E-state index is 9.38. The summed E-state index contributed by atoms with van der Waals surface area (Å²) in [6.07, 6.45) is 2.48. The van der Waals surface area contributed by atoms with Crippen LogP contribution in [0.25, 0.3) is 0 Å². The first-order chi connectivity index (χ1) is 7.83. The summed E-state index contributed by atoms with van der Waals surface area (Å²) in [4.78, 5) is 0. The minimum Gasteiger partial charge on any atom is -0.394 e. The third kappa shape index (κ3) is 2.61. The van der Waals surface area contributed by atoms with Gasteiger partial charge in [-0.3, -0.25) is 0 Å². The summed E-state index contributed by atoms with van der Waals surface area (Å²) < 4.78 is 5.23. The van der Waals surface area contributed by atoms with Gasteiger partial charge in [0.2, 0.25) is 0 Å². The summed E-state index contributed by atoms with van der Waals surface area (Å²) in [5, 5.41) is 12.8.